The lowest BCUT2D eigenvalue weighted by Crippen LogP contribution is -2.49. The van der Waals surface area contributed by atoms with E-state index in [9.17, 15) is 18.5 Å². The van der Waals surface area contributed by atoms with Crippen LogP contribution in [0.4, 0.5) is 5.69 Å². The van der Waals surface area contributed by atoms with Gasteiger partial charge < -0.3 is 14.4 Å². The fourth-order valence-corrected chi connectivity index (χ4v) is 4.84. The summed E-state index contributed by atoms with van der Waals surface area (Å²) in [5.74, 6) is 0.846. The Morgan fingerprint density at radius 1 is 1.00 bits per heavy atom. The molecule has 1 aliphatic rings. The van der Waals surface area contributed by atoms with Gasteiger partial charge in [0.2, 0.25) is 10.0 Å². The second-order valence-electron chi connectivity index (χ2n) is 6.93. The summed E-state index contributed by atoms with van der Waals surface area (Å²) >= 11 is 0. The van der Waals surface area contributed by atoms with Crippen molar-refractivity contribution in [3.05, 3.63) is 58.1 Å². The summed E-state index contributed by atoms with van der Waals surface area (Å²) in [6, 6.07) is 11.6. The molecule has 0 saturated carbocycles. The predicted octanol–water partition coefficient (Wildman–Crippen LogP) is 2.16. The second kappa shape index (κ2) is 9.41. The number of ether oxygens (including phenoxy) is 2. The third kappa shape index (κ3) is 4.89. The predicted molar refractivity (Wildman–Crippen MR) is 112 cm³/mol. The van der Waals surface area contributed by atoms with Crippen molar-refractivity contribution < 1.29 is 22.8 Å². The lowest BCUT2D eigenvalue weighted by Gasteiger charge is -2.34. The highest BCUT2D eigenvalue weighted by Gasteiger charge is 2.30. The third-order valence-electron chi connectivity index (χ3n) is 5.19. The van der Waals surface area contributed by atoms with Crippen molar-refractivity contribution >= 4 is 15.7 Å². The molecule has 9 nitrogen and oxygen atoms in total. The Morgan fingerprint density at radius 3 is 2.23 bits per heavy atom. The van der Waals surface area contributed by atoms with Gasteiger partial charge in [-0.3, -0.25) is 10.1 Å². The van der Waals surface area contributed by atoms with Gasteiger partial charge in [-0.25, -0.2) is 8.42 Å². The number of nitrogens with zero attached hydrogens (tertiary/aromatic N) is 3. The molecule has 3 rings (SSSR count). The molecular weight excluding hydrogens is 410 g/mol. The van der Waals surface area contributed by atoms with Gasteiger partial charge in [-0.2, -0.15) is 4.31 Å². The van der Waals surface area contributed by atoms with E-state index in [-0.39, 0.29) is 16.3 Å². The van der Waals surface area contributed by atoms with E-state index in [1.807, 2.05) is 24.3 Å². The zero-order valence-electron chi connectivity index (χ0n) is 17.0. The molecule has 0 bridgehead atoms. The number of nitro benzene ring substituents is 1. The van der Waals surface area contributed by atoms with E-state index in [0.29, 0.717) is 26.2 Å². The molecule has 0 N–H and O–H groups in total. The highest BCUT2D eigenvalue weighted by Crippen LogP contribution is 2.30. The molecule has 0 unspecified atom stereocenters. The van der Waals surface area contributed by atoms with Crippen molar-refractivity contribution in [2.75, 3.05) is 46.9 Å². The van der Waals surface area contributed by atoms with Crippen LogP contribution in [0.5, 0.6) is 11.5 Å². The molecule has 0 spiro atoms. The Hall–Kier alpha value is -2.69. The molecule has 162 valence electrons. The largest absolute Gasteiger partial charge is 0.497 e. The summed E-state index contributed by atoms with van der Waals surface area (Å²) in [7, 11) is -0.870. The van der Waals surface area contributed by atoms with Gasteiger partial charge in [-0.15, -0.1) is 0 Å². The smallest absolute Gasteiger partial charge is 0.312 e. The number of nitro groups is 1. The number of piperazine rings is 1. The average Bonchev–Trinajstić information content (AvgIpc) is 2.77. The standard InChI is InChI=1S/C20H25N3O6S/c1-28-17-5-3-16(4-6-17)9-10-21-11-13-22(14-12-21)30(26,27)18-7-8-20(29-2)19(15-18)23(24)25/h3-8,15H,9-14H2,1-2H3. The number of sulfonamides is 1. The van der Waals surface area contributed by atoms with Crippen molar-refractivity contribution in [1.29, 1.82) is 0 Å². The van der Waals surface area contributed by atoms with Crippen molar-refractivity contribution in [3.63, 3.8) is 0 Å². The fourth-order valence-electron chi connectivity index (χ4n) is 3.39. The van der Waals surface area contributed by atoms with Crippen LogP contribution < -0.4 is 9.47 Å². The van der Waals surface area contributed by atoms with Crippen LogP contribution in [0.2, 0.25) is 0 Å². The summed E-state index contributed by atoms with van der Waals surface area (Å²) in [6.45, 7) is 2.71. The third-order valence-corrected chi connectivity index (χ3v) is 7.09. The summed E-state index contributed by atoms with van der Waals surface area (Å²) < 4.78 is 37.4. The molecular formula is C20H25N3O6S. The maximum absolute atomic E-state index is 12.9. The van der Waals surface area contributed by atoms with Gasteiger partial charge in [0.25, 0.3) is 0 Å². The monoisotopic (exact) mass is 435 g/mol. The molecule has 30 heavy (non-hydrogen) atoms. The van der Waals surface area contributed by atoms with E-state index in [1.54, 1.807) is 7.11 Å². The Balaban J connectivity index is 1.60. The number of hydrogen-bond donors (Lipinski definition) is 0. The first kappa shape index (κ1) is 22.0. The maximum atomic E-state index is 12.9. The lowest BCUT2D eigenvalue weighted by atomic mass is 10.1. The van der Waals surface area contributed by atoms with Crippen LogP contribution in [-0.4, -0.2) is 69.5 Å². The second-order valence-corrected chi connectivity index (χ2v) is 8.87. The van der Waals surface area contributed by atoms with Crippen LogP contribution in [0.25, 0.3) is 0 Å². The molecule has 2 aromatic rings. The van der Waals surface area contributed by atoms with Crippen LogP contribution in [0.15, 0.2) is 47.4 Å². The van der Waals surface area contributed by atoms with Crippen LogP contribution in [0.3, 0.4) is 0 Å². The van der Waals surface area contributed by atoms with E-state index in [2.05, 4.69) is 4.90 Å². The van der Waals surface area contributed by atoms with Crippen molar-refractivity contribution in [2.45, 2.75) is 11.3 Å². The number of methoxy groups -OCH3 is 2. The fraction of sp³-hybridized carbons (Fsp3) is 0.400. The molecule has 0 aliphatic carbocycles. The molecule has 1 aliphatic heterocycles. The van der Waals surface area contributed by atoms with Crippen LogP contribution >= 0.6 is 0 Å². The molecule has 0 atom stereocenters. The lowest BCUT2D eigenvalue weighted by molar-refractivity contribution is -0.386. The molecule has 10 heteroatoms. The van der Waals surface area contributed by atoms with Crippen LogP contribution in [0.1, 0.15) is 5.56 Å². The van der Waals surface area contributed by atoms with Gasteiger partial charge in [0.1, 0.15) is 5.75 Å². The molecule has 1 fully saturated rings. The topological polar surface area (TPSA) is 102 Å². The van der Waals surface area contributed by atoms with Gasteiger partial charge in [0.05, 0.1) is 24.0 Å². The highest BCUT2D eigenvalue weighted by atomic mass is 32.2. The number of rotatable bonds is 8. The molecule has 1 saturated heterocycles. The first-order valence-corrected chi connectivity index (χ1v) is 11.0. The number of benzene rings is 2. The molecule has 0 aromatic heterocycles. The first-order valence-electron chi connectivity index (χ1n) is 9.53. The van der Waals surface area contributed by atoms with Crippen LogP contribution in [0, 0.1) is 10.1 Å². The minimum Gasteiger partial charge on any atom is -0.497 e. The molecule has 1 heterocycles. The van der Waals surface area contributed by atoms with Gasteiger partial charge in [-0.1, -0.05) is 12.1 Å². The zero-order chi connectivity index (χ0) is 21.7. The van der Waals surface area contributed by atoms with Crippen molar-refractivity contribution in [2.24, 2.45) is 0 Å². The maximum Gasteiger partial charge on any atom is 0.312 e. The van der Waals surface area contributed by atoms with E-state index in [1.165, 1.54) is 29.1 Å². The zero-order valence-corrected chi connectivity index (χ0v) is 17.8. The van der Waals surface area contributed by atoms with Crippen molar-refractivity contribution in [1.82, 2.24) is 9.21 Å². The summed E-state index contributed by atoms with van der Waals surface area (Å²) in [5.41, 5.74) is 0.827. The van der Waals surface area contributed by atoms with Gasteiger partial charge >= 0.3 is 5.69 Å². The summed E-state index contributed by atoms with van der Waals surface area (Å²) in [5, 5.41) is 11.2. The van der Waals surface area contributed by atoms with Gasteiger partial charge in [0, 0.05) is 38.8 Å². The Kier molecular flexibility index (Phi) is 6.91. The minimum absolute atomic E-state index is 0.0299. The van der Waals surface area contributed by atoms with Gasteiger partial charge in [0.15, 0.2) is 5.75 Å². The quantitative estimate of drug-likeness (QED) is 0.462. The number of hydrogen-bond acceptors (Lipinski definition) is 7. The Morgan fingerprint density at radius 2 is 1.67 bits per heavy atom. The molecule has 2 aromatic carbocycles. The van der Waals surface area contributed by atoms with E-state index in [4.69, 9.17) is 9.47 Å². The van der Waals surface area contributed by atoms with Gasteiger partial charge in [-0.05, 0) is 36.2 Å². The highest BCUT2D eigenvalue weighted by molar-refractivity contribution is 7.89. The Bertz CT molecular complexity index is 986. The van der Waals surface area contributed by atoms with E-state index >= 15 is 0 Å². The molecule has 0 radical (unpaired) electrons. The summed E-state index contributed by atoms with van der Waals surface area (Å²) in [6.07, 6.45) is 0.863. The van der Waals surface area contributed by atoms with Crippen LogP contribution in [-0.2, 0) is 16.4 Å². The Labute approximate surface area is 176 Å². The first-order chi connectivity index (χ1) is 14.3. The van der Waals surface area contributed by atoms with Crippen molar-refractivity contribution in [3.8, 4) is 11.5 Å². The minimum atomic E-state index is -3.81. The van der Waals surface area contributed by atoms with E-state index < -0.39 is 14.9 Å². The van der Waals surface area contributed by atoms with E-state index in [0.717, 1.165) is 24.8 Å². The average molecular weight is 436 g/mol. The summed E-state index contributed by atoms with van der Waals surface area (Å²) in [4.78, 5) is 12.7. The molecule has 0 amide bonds. The SMILES string of the molecule is COc1ccc(CCN2CCN(S(=O)(=O)c3ccc(OC)c([N+](=O)[O-])c3)CC2)cc1. The normalized spacial score (nSPS) is 15.7.